The highest BCUT2D eigenvalue weighted by Gasteiger charge is 2.23. The fraction of sp³-hybridized carbons (Fsp3) is 0.240. The zero-order valence-corrected chi connectivity index (χ0v) is 17.7. The largest absolute Gasteiger partial charge is 0.495 e. The molecule has 2 N–H and O–H groups in total. The van der Waals surface area contributed by atoms with E-state index in [9.17, 15) is 4.79 Å². The van der Waals surface area contributed by atoms with Crippen LogP contribution in [0.3, 0.4) is 0 Å². The Hall–Kier alpha value is -3.67. The van der Waals surface area contributed by atoms with Gasteiger partial charge < -0.3 is 24.8 Å². The molecule has 0 bridgehead atoms. The molecular weight excluding hydrogens is 392 g/mol. The van der Waals surface area contributed by atoms with Crippen LogP contribution in [-0.4, -0.2) is 26.2 Å². The van der Waals surface area contributed by atoms with Crippen LogP contribution >= 0.6 is 0 Å². The van der Waals surface area contributed by atoms with Gasteiger partial charge in [0.05, 0.1) is 26.0 Å². The van der Waals surface area contributed by atoms with Gasteiger partial charge in [0, 0.05) is 18.2 Å². The average Bonchev–Trinajstić information content (AvgIpc) is 3.03. The number of ether oxygens (including phenoxy) is 3. The van der Waals surface area contributed by atoms with Crippen LogP contribution in [0.25, 0.3) is 0 Å². The van der Waals surface area contributed by atoms with Crippen LogP contribution in [0.1, 0.15) is 23.6 Å². The molecule has 3 aromatic rings. The topological polar surface area (TPSA) is 68.8 Å². The molecule has 3 aromatic carbocycles. The highest BCUT2D eigenvalue weighted by Crippen LogP contribution is 2.34. The predicted molar refractivity (Wildman–Crippen MR) is 121 cm³/mol. The first-order valence-corrected chi connectivity index (χ1v) is 10.3. The van der Waals surface area contributed by atoms with Crippen molar-refractivity contribution < 1.29 is 19.0 Å². The highest BCUT2D eigenvalue weighted by molar-refractivity contribution is 5.98. The van der Waals surface area contributed by atoms with Crippen LogP contribution in [0, 0.1) is 6.92 Å². The Morgan fingerprint density at radius 1 is 0.968 bits per heavy atom. The number of aryl methyl sites for hydroxylation is 1. The van der Waals surface area contributed by atoms with Gasteiger partial charge in [-0.3, -0.25) is 4.79 Å². The third-order valence-electron chi connectivity index (χ3n) is 5.07. The standard InChI is InChI=1S/C25H26N2O4/c1-17-9-11-21(29-2)20(15-17)27-25(28)24(18-7-4-3-5-8-18)26-19-10-12-22-23(16-19)31-14-6-13-30-22/h3-5,7-12,15-16,24,26H,6,13-14H2,1-2H3,(H,27,28)/t24-/m1/s1. The van der Waals surface area contributed by atoms with E-state index in [1.807, 2.05) is 73.7 Å². The van der Waals surface area contributed by atoms with E-state index in [0.717, 1.165) is 23.2 Å². The molecule has 1 aliphatic rings. The van der Waals surface area contributed by atoms with Crippen LogP contribution in [-0.2, 0) is 4.79 Å². The Labute approximate surface area is 182 Å². The second-order valence-electron chi connectivity index (χ2n) is 7.39. The van der Waals surface area contributed by atoms with E-state index in [1.54, 1.807) is 7.11 Å². The maximum absolute atomic E-state index is 13.4. The molecule has 0 aromatic heterocycles. The molecule has 1 amide bonds. The van der Waals surface area contributed by atoms with Crippen LogP contribution in [0.5, 0.6) is 17.2 Å². The van der Waals surface area contributed by atoms with E-state index in [2.05, 4.69) is 10.6 Å². The first-order valence-electron chi connectivity index (χ1n) is 10.3. The normalized spacial score (nSPS) is 13.6. The van der Waals surface area contributed by atoms with Crippen molar-refractivity contribution in [1.82, 2.24) is 0 Å². The summed E-state index contributed by atoms with van der Waals surface area (Å²) in [5, 5.41) is 6.36. The number of carbonyl (C=O) groups excluding carboxylic acids is 1. The maximum atomic E-state index is 13.4. The predicted octanol–water partition coefficient (Wildman–Crippen LogP) is 4.96. The number of fused-ring (bicyclic) bond motifs is 1. The lowest BCUT2D eigenvalue weighted by Crippen LogP contribution is -2.27. The Balaban J connectivity index is 1.62. The lowest BCUT2D eigenvalue weighted by Gasteiger charge is -2.21. The molecule has 0 saturated heterocycles. The summed E-state index contributed by atoms with van der Waals surface area (Å²) in [6.45, 7) is 3.21. The summed E-state index contributed by atoms with van der Waals surface area (Å²) < 4.78 is 16.9. The number of hydrogen-bond acceptors (Lipinski definition) is 5. The van der Waals surface area contributed by atoms with Gasteiger partial charge in [-0.2, -0.15) is 0 Å². The van der Waals surface area contributed by atoms with Crippen molar-refractivity contribution in [3.8, 4) is 17.2 Å². The van der Waals surface area contributed by atoms with E-state index in [4.69, 9.17) is 14.2 Å². The zero-order chi connectivity index (χ0) is 21.6. The lowest BCUT2D eigenvalue weighted by molar-refractivity contribution is -0.117. The van der Waals surface area contributed by atoms with Crippen molar-refractivity contribution in [2.45, 2.75) is 19.4 Å². The van der Waals surface area contributed by atoms with Gasteiger partial charge in [-0.05, 0) is 42.3 Å². The van der Waals surface area contributed by atoms with Gasteiger partial charge in [-0.25, -0.2) is 0 Å². The van der Waals surface area contributed by atoms with E-state index >= 15 is 0 Å². The molecule has 6 nitrogen and oxygen atoms in total. The van der Waals surface area contributed by atoms with E-state index in [-0.39, 0.29) is 5.91 Å². The number of rotatable bonds is 6. The molecule has 160 valence electrons. The molecule has 1 atom stereocenters. The van der Waals surface area contributed by atoms with Gasteiger partial charge in [0.2, 0.25) is 0 Å². The van der Waals surface area contributed by atoms with Crippen molar-refractivity contribution in [2.24, 2.45) is 0 Å². The summed E-state index contributed by atoms with van der Waals surface area (Å²) >= 11 is 0. The minimum absolute atomic E-state index is 0.192. The van der Waals surface area contributed by atoms with Gasteiger partial charge in [0.1, 0.15) is 11.8 Å². The molecule has 0 radical (unpaired) electrons. The van der Waals surface area contributed by atoms with Crippen LogP contribution in [0.15, 0.2) is 66.7 Å². The van der Waals surface area contributed by atoms with E-state index in [1.165, 1.54) is 0 Å². The van der Waals surface area contributed by atoms with Gasteiger partial charge >= 0.3 is 0 Å². The number of carbonyl (C=O) groups is 1. The second kappa shape index (κ2) is 9.43. The van der Waals surface area contributed by atoms with Crippen molar-refractivity contribution in [1.29, 1.82) is 0 Å². The van der Waals surface area contributed by atoms with Gasteiger partial charge in [-0.1, -0.05) is 36.4 Å². The first-order chi connectivity index (χ1) is 15.1. The molecule has 0 aliphatic carbocycles. The minimum atomic E-state index is -0.615. The number of amides is 1. The lowest BCUT2D eigenvalue weighted by atomic mass is 10.1. The summed E-state index contributed by atoms with van der Waals surface area (Å²) in [5.41, 5.74) is 3.28. The quantitative estimate of drug-likeness (QED) is 0.592. The number of methoxy groups -OCH3 is 1. The smallest absolute Gasteiger partial charge is 0.251 e. The fourth-order valence-electron chi connectivity index (χ4n) is 3.49. The highest BCUT2D eigenvalue weighted by atomic mass is 16.5. The third-order valence-corrected chi connectivity index (χ3v) is 5.07. The first kappa shape index (κ1) is 20.6. The van der Waals surface area contributed by atoms with Crippen LogP contribution in [0.2, 0.25) is 0 Å². The summed E-state index contributed by atoms with van der Waals surface area (Å²) in [6.07, 6.45) is 0.838. The Kier molecular flexibility index (Phi) is 6.26. The van der Waals surface area contributed by atoms with Gasteiger partial charge in [0.25, 0.3) is 5.91 Å². The monoisotopic (exact) mass is 418 g/mol. The van der Waals surface area contributed by atoms with Gasteiger partial charge in [0.15, 0.2) is 11.5 Å². The molecule has 31 heavy (non-hydrogen) atoms. The maximum Gasteiger partial charge on any atom is 0.251 e. The van der Waals surface area contributed by atoms with E-state index in [0.29, 0.717) is 36.1 Å². The minimum Gasteiger partial charge on any atom is -0.495 e. The number of nitrogens with one attached hydrogen (secondary N) is 2. The summed E-state index contributed by atoms with van der Waals surface area (Å²) in [7, 11) is 1.59. The molecule has 6 heteroatoms. The van der Waals surface area contributed by atoms with Crippen LogP contribution in [0.4, 0.5) is 11.4 Å². The molecule has 1 heterocycles. The SMILES string of the molecule is COc1ccc(C)cc1NC(=O)[C@H](Nc1ccc2c(c1)OCCCO2)c1ccccc1. The Bertz CT molecular complexity index is 1050. The summed E-state index contributed by atoms with van der Waals surface area (Å²) in [6, 6.07) is 20.3. The molecule has 0 saturated carbocycles. The Morgan fingerprint density at radius 2 is 1.74 bits per heavy atom. The number of benzene rings is 3. The third kappa shape index (κ3) is 4.91. The fourth-order valence-corrected chi connectivity index (χ4v) is 3.49. The molecule has 1 aliphatic heterocycles. The van der Waals surface area contributed by atoms with E-state index < -0.39 is 6.04 Å². The Morgan fingerprint density at radius 3 is 2.52 bits per heavy atom. The molecular formula is C25H26N2O4. The molecule has 0 unspecified atom stereocenters. The number of anilines is 2. The van der Waals surface area contributed by atoms with Crippen LogP contribution < -0.4 is 24.8 Å². The number of hydrogen-bond donors (Lipinski definition) is 2. The van der Waals surface area contributed by atoms with Crippen molar-refractivity contribution in [3.63, 3.8) is 0 Å². The average molecular weight is 418 g/mol. The second-order valence-corrected chi connectivity index (χ2v) is 7.39. The summed E-state index contributed by atoms with van der Waals surface area (Å²) in [4.78, 5) is 13.4. The zero-order valence-electron chi connectivity index (χ0n) is 17.7. The molecule has 0 fully saturated rings. The summed E-state index contributed by atoms with van der Waals surface area (Å²) in [5.74, 6) is 1.81. The van der Waals surface area contributed by atoms with Crippen molar-refractivity contribution in [2.75, 3.05) is 31.0 Å². The molecule has 4 rings (SSSR count). The van der Waals surface area contributed by atoms with Crippen molar-refractivity contribution >= 4 is 17.3 Å². The van der Waals surface area contributed by atoms with Crippen molar-refractivity contribution in [3.05, 3.63) is 77.9 Å². The van der Waals surface area contributed by atoms with Gasteiger partial charge in [-0.15, -0.1) is 0 Å². The molecule has 0 spiro atoms.